The molecule has 6 heteroatoms. The van der Waals surface area contributed by atoms with Crippen LogP contribution in [0.4, 0.5) is 15.8 Å². The molecule has 0 aliphatic carbocycles. The Bertz CT molecular complexity index is 1210. The summed E-state index contributed by atoms with van der Waals surface area (Å²) >= 11 is 0. The molecule has 0 spiro atoms. The van der Waals surface area contributed by atoms with Gasteiger partial charge in [0, 0.05) is 31.0 Å². The van der Waals surface area contributed by atoms with Crippen LogP contribution in [0.1, 0.15) is 22.7 Å². The maximum atomic E-state index is 13.4. The summed E-state index contributed by atoms with van der Waals surface area (Å²) in [6.07, 6.45) is 0. The number of amides is 1. The first-order valence-corrected chi connectivity index (χ1v) is 10.2. The number of Topliss-reactive ketones (excluding diaryl/α,β-unsaturated/α-hetero) is 1. The summed E-state index contributed by atoms with van der Waals surface area (Å²) in [6, 6.07) is 19.1. The number of carbonyl (C=O) groups is 2. The van der Waals surface area contributed by atoms with Crippen LogP contribution in [0, 0.1) is 12.7 Å². The summed E-state index contributed by atoms with van der Waals surface area (Å²) in [5.41, 5.74) is 3.39. The van der Waals surface area contributed by atoms with Crippen molar-refractivity contribution >= 4 is 28.8 Å². The van der Waals surface area contributed by atoms with Crippen LogP contribution in [0.3, 0.4) is 0 Å². The van der Waals surface area contributed by atoms with Crippen molar-refractivity contribution in [2.45, 2.75) is 13.0 Å². The van der Waals surface area contributed by atoms with Crippen molar-refractivity contribution in [2.24, 2.45) is 0 Å². The van der Waals surface area contributed by atoms with Gasteiger partial charge in [0.05, 0.1) is 11.6 Å². The smallest absolute Gasteiger partial charge is 0.300 e. The molecule has 1 aliphatic rings. The number of hydrogen-bond acceptors (Lipinski definition) is 4. The van der Waals surface area contributed by atoms with Crippen molar-refractivity contribution < 1.29 is 19.1 Å². The van der Waals surface area contributed by atoms with Gasteiger partial charge in [-0.15, -0.1) is 0 Å². The zero-order chi connectivity index (χ0) is 23.0. The van der Waals surface area contributed by atoms with Gasteiger partial charge in [-0.05, 0) is 61.0 Å². The molecule has 1 aliphatic heterocycles. The molecule has 0 radical (unpaired) electrons. The van der Waals surface area contributed by atoms with Crippen LogP contribution < -0.4 is 9.80 Å². The topological polar surface area (TPSA) is 60.9 Å². The molecule has 1 saturated heterocycles. The highest BCUT2D eigenvalue weighted by atomic mass is 19.1. The fourth-order valence-corrected chi connectivity index (χ4v) is 3.93. The van der Waals surface area contributed by atoms with Crippen molar-refractivity contribution in [1.29, 1.82) is 0 Å². The monoisotopic (exact) mass is 430 g/mol. The van der Waals surface area contributed by atoms with Crippen LogP contribution in [0.2, 0.25) is 0 Å². The number of nitrogens with zero attached hydrogens (tertiary/aromatic N) is 2. The second kappa shape index (κ2) is 8.30. The SMILES string of the molecule is Cc1cccc(C2/C(=C(/O)c3ccc(F)cc3)C(=O)C(=O)N2c2ccc(N(C)C)cc2)c1. The Kier molecular flexibility index (Phi) is 5.53. The molecule has 1 fully saturated rings. The van der Waals surface area contributed by atoms with E-state index < -0.39 is 23.5 Å². The van der Waals surface area contributed by atoms with E-state index in [0.29, 0.717) is 11.3 Å². The molecule has 1 heterocycles. The van der Waals surface area contributed by atoms with Crippen LogP contribution in [0.25, 0.3) is 5.76 Å². The van der Waals surface area contributed by atoms with E-state index in [0.717, 1.165) is 11.3 Å². The van der Waals surface area contributed by atoms with E-state index in [-0.39, 0.29) is 16.9 Å². The van der Waals surface area contributed by atoms with Gasteiger partial charge < -0.3 is 10.0 Å². The van der Waals surface area contributed by atoms with E-state index in [1.807, 2.05) is 62.3 Å². The summed E-state index contributed by atoms with van der Waals surface area (Å²) in [5, 5.41) is 11.0. The van der Waals surface area contributed by atoms with Crippen molar-refractivity contribution in [2.75, 3.05) is 23.9 Å². The van der Waals surface area contributed by atoms with Gasteiger partial charge in [0.25, 0.3) is 11.7 Å². The van der Waals surface area contributed by atoms with E-state index in [4.69, 9.17) is 0 Å². The number of hydrogen-bond donors (Lipinski definition) is 1. The average molecular weight is 430 g/mol. The molecule has 1 N–H and O–H groups in total. The highest BCUT2D eigenvalue weighted by Gasteiger charge is 2.47. The molecule has 162 valence electrons. The van der Waals surface area contributed by atoms with Gasteiger partial charge >= 0.3 is 0 Å². The van der Waals surface area contributed by atoms with E-state index in [9.17, 15) is 19.1 Å². The van der Waals surface area contributed by atoms with Crippen LogP contribution in [-0.4, -0.2) is 30.9 Å². The van der Waals surface area contributed by atoms with E-state index in [1.165, 1.54) is 29.2 Å². The predicted octanol–water partition coefficient (Wildman–Crippen LogP) is 4.83. The number of aliphatic hydroxyl groups is 1. The molecule has 5 nitrogen and oxygen atoms in total. The number of aryl methyl sites for hydroxylation is 1. The lowest BCUT2D eigenvalue weighted by Gasteiger charge is -2.26. The van der Waals surface area contributed by atoms with Crippen LogP contribution in [0.15, 0.2) is 78.4 Å². The van der Waals surface area contributed by atoms with Gasteiger partial charge in [-0.25, -0.2) is 4.39 Å². The van der Waals surface area contributed by atoms with Crippen molar-refractivity contribution in [1.82, 2.24) is 0 Å². The molecule has 1 unspecified atom stereocenters. The largest absolute Gasteiger partial charge is 0.507 e. The minimum Gasteiger partial charge on any atom is -0.507 e. The quantitative estimate of drug-likeness (QED) is 0.366. The van der Waals surface area contributed by atoms with E-state index in [1.54, 1.807) is 12.1 Å². The number of ketones is 1. The molecule has 32 heavy (non-hydrogen) atoms. The first kappa shape index (κ1) is 21.3. The lowest BCUT2D eigenvalue weighted by molar-refractivity contribution is -0.132. The minimum atomic E-state index is -0.815. The normalized spacial score (nSPS) is 17.6. The lowest BCUT2D eigenvalue weighted by Crippen LogP contribution is -2.29. The Balaban J connectivity index is 1.91. The summed E-state index contributed by atoms with van der Waals surface area (Å²) < 4.78 is 13.4. The number of anilines is 2. The highest BCUT2D eigenvalue weighted by molar-refractivity contribution is 6.51. The van der Waals surface area contributed by atoms with Crippen LogP contribution in [0.5, 0.6) is 0 Å². The van der Waals surface area contributed by atoms with Gasteiger partial charge in [0.1, 0.15) is 11.6 Å². The first-order valence-electron chi connectivity index (χ1n) is 10.2. The van der Waals surface area contributed by atoms with Gasteiger partial charge in [-0.1, -0.05) is 29.8 Å². The summed E-state index contributed by atoms with van der Waals surface area (Å²) in [5.74, 6) is -2.30. The van der Waals surface area contributed by atoms with Crippen LogP contribution in [-0.2, 0) is 9.59 Å². The number of halogens is 1. The van der Waals surface area contributed by atoms with Gasteiger partial charge in [0.2, 0.25) is 0 Å². The standard InChI is InChI=1S/C26H23FN2O3/c1-16-5-4-6-18(15-16)23-22(24(30)17-7-9-19(27)10-8-17)25(31)26(32)29(23)21-13-11-20(12-14-21)28(2)3/h4-15,23,30H,1-3H3/b24-22-. The number of aliphatic hydroxyl groups excluding tert-OH is 1. The van der Waals surface area contributed by atoms with Crippen molar-refractivity contribution in [3.05, 3.63) is 101 Å². The zero-order valence-corrected chi connectivity index (χ0v) is 18.0. The fourth-order valence-electron chi connectivity index (χ4n) is 3.93. The fraction of sp³-hybridized carbons (Fsp3) is 0.154. The molecule has 1 atom stereocenters. The lowest BCUT2D eigenvalue weighted by atomic mass is 9.94. The minimum absolute atomic E-state index is 0.0242. The first-order chi connectivity index (χ1) is 15.3. The maximum absolute atomic E-state index is 13.4. The second-order valence-corrected chi connectivity index (χ2v) is 8.00. The number of carbonyl (C=O) groups excluding carboxylic acids is 2. The molecule has 3 aromatic rings. The molecule has 0 bridgehead atoms. The maximum Gasteiger partial charge on any atom is 0.300 e. The molecule has 0 aromatic heterocycles. The van der Waals surface area contributed by atoms with E-state index in [2.05, 4.69) is 0 Å². The molecular weight excluding hydrogens is 407 g/mol. The third-order valence-corrected chi connectivity index (χ3v) is 5.56. The Hall–Kier alpha value is -3.93. The van der Waals surface area contributed by atoms with Crippen molar-refractivity contribution in [3.8, 4) is 0 Å². The summed E-state index contributed by atoms with van der Waals surface area (Å²) in [6.45, 7) is 1.92. The zero-order valence-electron chi connectivity index (χ0n) is 18.0. The van der Waals surface area contributed by atoms with Gasteiger partial charge in [-0.3, -0.25) is 14.5 Å². The number of rotatable bonds is 4. The molecule has 4 rings (SSSR count). The Morgan fingerprint density at radius 3 is 2.22 bits per heavy atom. The Morgan fingerprint density at radius 1 is 0.969 bits per heavy atom. The second-order valence-electron chi connectivity index (χ2n) is 8.00. The molecule has 0 saturated carbocycles. The molecular formula is C26H23FN2O3. The predicted molar refractivity (Wildman–Crippen MR) is 123 cm³/mol. The van der Waals surface area contributed by atoms with Crippen molar-refractivity contribution in [3.63, 3.8) is 0 Å². The van der Waals surface area contributed by atoms with E-state index >= 15 is 0 Å². The highest BCUT2D eigenvalue weighted by Crippen LogP contribution is 2.42. The van der Waals surface area contributed by atoms with Crippen LogP contribution >= 0.6 is 0 Å². The number of benzene rings is 3. The Labute approximate surface area is 186 Å². The van der Waals surface area contributed by atoms with Gasteiger partial charge in [0.15, 0.2) is 0 Å². The third-order valence-electron chi connectivity index (χ3n) is 5.56. The molecule has 3 aromatic carbocycles. The summed E-state index contributed by atoms with van der Waals surface area (Å²) in [4.78, 5) is 29.6. The summed E-state index contributed by atoms with van der Waals surface area (Å²) in [7, 11) is 3.83. The average Bonchev–Trinajstić information content (AvgIpc) is 3.04. The van der Waals surface area contributed by atoms with Gasteiger partial charge in [-0.2, -0.15) is 0 Å². The Morgan fingerprint density at radius 2 is 1.62 bits per heavy atom. The third kappa shape index (κ3) is 3.75. The molecule has 1 amide bonds.